The van der Waals surface area contributed by atoms with Gasteiger partial charge in [-0.1, -0.05) is 36.4 Å². The first-order valence-electron chi connectivity index (χ1n) is 6.89. The van der Waals surface area contributed by atoms with Gasteiger partial charge in [-0.15, -0.1) is 0 Å². The summed E-state index contributed by atoms with van der Waals surface area (Å²) in [6.45, 7) is 0. The maximum atomic E-state index is 12.2. The second-order valence-corrected chi connectivity index (χ2v) is 5.20. The number of phenols is 1. The Kier molecular flexibility index (Phi) is 3.42. The zero-order chi connectivity index (χ0) is 13.9. The lowest BCUT2D eigenvalue weighted by atomic mass is 9.88. The van der Waals surface area contributed by atoms with Gasteiger partial charge in [0.2, 0.25) is 0 Å². The third-order valence-electron chi connectivity index (χ3n) is 3.83. The molecule has 0 heterocycles. The van der Waals surface area contributed by atoms with Crippen LogP contribution < -0.4 is 5.32 Å². The van der Waals surface area contributed by atoms with E-state index in [1.807, 2.05) is 6.07 Å². The number of aromatic hydroxyl groups is 1. The highest BCUT2D eigenvalue weighted by Crippen LogP contribution is 2.22. The number of phenolic OH excluding ortho intramolecular Hbond substituents is 1. The molecule has 102 valence electrons. The average Bonchev–Trinajstić information content (AvgIpc) is 2.47. The Bertz CT molecular complexity index is 636. The number of hydrogen-bond donors (Lipinski definition) is 2. The van der Waals surface area contributed by atoms with Gasteiger partial charge in [0, 0.05) is 6.04 Å². The molecule has 1 unspecified atom stereocenters. The number of para-hydroxylation sites is 1. The van der Waals surface area contributed by atoms with Gasteiger partial charge in [-0.2, -0.15) is 0 Å². The summed E-state index contributed by atoms with van der Waals surface area (Å²) in [6.07, 6.45) is 2.79. The lowest BCUT2D eigenvalue weighted by molar-refractivity contribution is 0.0931. The molecule has 0 bridgehead atoms. The Hall–Kier alpha value is -2.29. The van der Waals surface area contributed by atoms with Crippen LogP contribution in [0.4, 0.5) is 0 Å². The number of hydrogen-bond acceptors (Lipinski definition) is 2. The van der Waals surface area contributed by atoms with E-state index in [9.17, 15) is 9.90 Å². The van der Waals surface area contributed by atoms with Crippen LogP contribution in [0.25, 0.3) is 0 Å². The number of benzene rings is 2. The van der Waals surface area contributed by atoms with E-state index in [-0.39, 0.29) is 17.7 Å². The summed E-state index contributed by atoms with van der Waals surface area (Å²) in [7, 11) is 0. The number of fused-ring (bicyclic) bond motifs is 1. The van der Waals surface area contributed by atoms with Crippen LogP contribution in [0.15, 0.2) is 48.5 Å². The van der Waals surface area contributed by atoms with E-state index in [0.717, 1.165) is 19.3 Å². The van der Waals surface area contributed by atoms with Crippen LogP contribution in [0.1, 0.15) is 27.9 Å². The van der Waals surface area contributed by atoms with Crippen molar-refractivity contribution in [3.8, 4) is 5.75 Å². The summed E-state index contributed by atoms with van der Waals surface area (Å²) in [5, 5.41) is 12.7. The van der Waals surface area contributed by atoms with Gasteiger partial charge in [0.05, 0.1) is 5.56 Å². The Balaban J connectivity index is 1.71. The van der Waals surface area contributed by atoms with Crippen LogP contribution >= 0.6 is 0 Å². The summed E-state index contributed by atoms with van der Waals surface area (Å²) < 4.78 is 0. The molecule has 20 heavy (non-hydrogen) atoms. The lowest BCUT2D eigenvalue weighted by Crippen LogP contribution is -2.38. The first-order chi connectivity index (χ1) is 9.74. The molecule has 0 aromatic heterocycles. The van der Waals surface area contributed by atoms with Crippen LogP contribution in [0.3, 0.4) is 0 Å². The van der Waals surface area contributed by atoms with E-state index in [0.29, 0.717) is 5.56 Å². The van der Waals surface area contributed by atoms with Gasteiger partial charge in [0.25, 0.3) is 5.91 Å². The van der Waals surface area contributed by atoms with Crippen molar-refractivity contribution in [3.05, 3.63) is 65.2 Å². The molecule has 2 N–H and O–H groups in total. The molecule has 0 saturated carbocycles. The fourth-order valence-electron chi connectivity index (χ4n) is 2.75. The fourth-order valence-corrected chi connectivity index (χ4v) is 2.75. The predicted octanol–water partition coefficient (Wildman–Crippen LogP) is 2.68. The molecule has 0 saturated heterocycles. The van der Waals surface area contributed by atoms with E-state index in [2.05, 4.69) is 23.5 Å². The zero-order valence-corrected chi connectivity index (χ0v) is 11.2. The van der Waals surface area contributed by atoms with Gasteiger partial charge in [-0.25, -0.2) is 0 Å². The molecule has 0 aliphatic heterocycles. The minimum absolute atomic E-state index is 0.0289. The number of carbonyl (C=O) groups is 1. The van der Waals surface area contributed by atoms with Crippen molar-refractivity contribution in [2.24, 2.45) is 0 Å². The van der Waals surface area contributed by atoms with Crippen LogP contribution in [0.2, 0.25) is 0 Å². The molecule has 3 rings (SSSR count). The van der Waals surface area contributed by atoms with Crippen LogP contribution in [-0.4, -0.2) is 17.1 Å². The Morgan fingerprint density at radius 3 is 2.55 bits per heavy atom. The van der Waals surface area contributed by atoms with Crippen molar-refractivity contribution < 1.29 is 9.90 Å². The maximum absolute atomic E-state index is 12.2. The number of nitrogens with one attached hydrogen (secondary N) is 1. The van der Waals surface area contributed by atoms with Crippen LogP contribution in [0, 0.1) is 0 Å². The van der Waals surface area contributed by atoms with Crippen LogP contribution in [0.5, 0.6) is 5.75 Å². The third kappa shape index (κ3) is 2.52. The van der Waals surface area contributed by atoms with Gasteiger partial charge >= 0.3 is 0 Å². The molecular formula is C17H17NO2. The van der Waals surface area contributed by atoms with Crippen LogP contribution in [-0.2, 0) is 12.8 Å². The highest BCUT2D eigenvalue weighted by molar-refractivity contribution is 5.96. The summed E-state index contributed by atoms with van der Waals surface area (Å²) in [4.78, 5) is 12.2. The van der Waals surface area contributed by atoms with Gasteiger partial charge in [0.1, 0.15) is 5.75 Å². The minimum atomic E-state index is -0.201. The fraction of sp³-hybridized carbons (Fsp3) is 0.235. The number of aryl methyl sites for hydroxylation is 1. The highest BCUT2D eigenvalue weighted by Gasteiger charge is 2.21. The molecule has 1 amide bonds. The first-order valence-corrected chi connectivity index (χ1v) is 6.89. The average molecular weight is 267 g/mol. The quantitative estimate of drug-likeness (QED) is 0.879. The Morgan fingerprint density at radius 1 is 1.05 bits per heavy atom. The van der Waals surface area contributed by atoms with Gasteiger partial charge in [-0.3, -0.25) is 4.79 Å². The molecule has 1 aliphatic rings. The van der Waals surface area contributed by atoms with Crippen molar-refractivity contribution in [2.75, 3.05) is 0 Å². The largest absolute Gasteiger partial charge is 0.507 e. The van der Waals surface area contributed by atoms with Gasteiger partial charge < -0.3 is 10.4 Å². The SMILES string of the molecule is O=C(NC1CCc2ccccc2C1)c1ccccc1O. The molecule has 0 spiro atoms. The summed E-state index contributed by atoms with van der Waals surface area (Å²) in [5.74, 6) is -0.173. The zero-order valence-electron chi connectivity index (χ0n) is 11.2. The Morgan fingerprint density at radius 2 is 1.75 bits per heavy atom. The topological polar surface area (TPSA) is 49.3 Å². The molecule has 0 fully saturated rings. The van der Waals surface area contributed by atoms with E-state index in [4.69, 9.17) is 0 Å². The van der Waals surface area contributed by atoms with Crippen molar-refractivity contribution >= 4 is 5.91 Å². The van der Waals surface area contributed by atoms with Gasteiger partial charge in [-0.05, 0) is 42.5 Å². The molecular weight excluding hydrogens is 250 g/mol. The summed E-state index contributed by atoms with van der Waals surface area (Å²) in [6, 6.07) is 15.1. The van der Waals surface area contributed by atoms with Crippen molar-refractivity contribution in [3.63, 3.8) is 0 Å². The number of carbonyl (C=O) groups excluding carboxylic acids is 1. The van der Waals surface area contributed by atoms with Crippen molar-refractivity contribution in [1.82, 2.24) is 5.32 Å². The van der Waals surface area contributed by atoms with E-state index in [1.54, 1.807) is 18.2 Å². The smallest absolute Gasteiger partial charge is 0.255 e. The molecule has 3 nitrogen and oxygen atoms in total. The summed E-state index contributed by atoms with van der Waals surface area (Å²) >= 11 is 0. The lowest BCUT2D eigenvalue weighted by Gasteiger charge is -2.25. The Labute approximate surface area is 118 Å². The second-order valence-electron chi connectivity index (χ2n) is 5.20. The molecule has 1 aliphatic carbocycles. The van der Waals surface area contributed by atoms with E-state index in [1.165, 1.54) is 17.2 Å². The molecule has 2 aromatic carbocycles. The third-order valence-corrected chi connectivity index (χ3v) is 3.83. The predicted molar refractivity (Wildman–Crippen MR) is 77.8 cm³/mol. The monoisotopic (exact) mass is 267 g/mol. The highest BCUT2D eigenvalue weighted by atomic mass is 16.3. The molecule has 0 radical (unpaired) electrons. The number of amides is 1. The van der Waals surface area contributed by atoms with E-state index >= 15 is 0 Å². The standard InChI is InChI=1S/C17H17NO2/c19-16-8-4-3-7-15(16)17(20)18-14-10-9-12-5-1-2-6-13(12)11-14/h1-8,14,19H,9-11H2,(H,18,20). The van der Waals surface area contributed by atoms with Crippen molar-refractivity contribution in [1.29, 1.82) is 0 Å². The normalized spacial score (nSPS) is 17.3. The second kappa shape index (κ2) is 5.37. The molecule has 1 atom stereocenters. The van der Waals surface area contributed by atoms with Crippen molar-refractivity contribution in [2.45, 2.75) is 25.3 Å². The first kappa shape index (κ1) is 12.7. The maximum Gasteiger partial charge on any atom is 0.255 e. The van der Waals surface area contributed by atoms with E-state index < -0.39 is 0 Å². The molecule has 3 heteroatoms. The summed E-state index contributed by atoms with van der Waals surface area (Å²) in [5.41, 5.74) is 3.02. The minimum Gasteiger partial charge on any atom is -0.507 e. The number of rotatable bonds is 2. The molecule has 2 aromatic rings. The van der Waals surface area contributed by atoms with Gasteiger partial charge in [0.15, 0.2) is 0 Å².